The largest absolute Gasteiger partial charge is 0.457 e. The number of furan rings is 1. The smallest absolute Gasteiger partial charge is 0.280 e. The van der Waals surface area contributed by atoms with E-state index in [0.717, 1.165) is 10.0 Å². The van der Waals surface area contributed by atoms with Crippen molar-refractivity contribution in [3.05, 3.63) is 76.5 Å². The monoisotopic (exact) mass is 485 g/mol. The van der Waals surface area contributed by atoms with Gasteiger partial charge in [-0.3, -0.25) is 4.79 Å². The number of amides is 1. The van der Waals surface area contributed by atoms with Gasteiger partial charge in [0, 0.05) is 10.0 Å². The zero-order valence-electron chi connectivity index (χ0n) is 15.7. The van der Waals surface area contributed by atoms with Crippen LogP contribution in [-0.2, 0) is 14.8 Å². The molecule has 0 spiro atoms. The first kappa shape index (κ1) is 20.3. The van der Waals surface area contributed by atoms with Crippen LogP contribution in [0.25, 0.3) is 17.4 Å². The molecule has 0 saturated heterocycles. The van der Waals surface area contributed by atoms with Gasteiger partial charge in [0.25, 0.3) is 5.91 Å². The van der Waals surface area contributed by atoms with Gasteiger partial charge in [-0.25, -0.2) is 13.6 Å². The molecule has 2 heterocycles. The Morgan fingerprint density at radius 2 is 1.77 bits per heavy atom. The number of carbonyl (C=O) groups is 1. The number of carbonyl (C=O) groups excluding carboxylic acids is 1. The van der Waals surface area contributed by atoms with Gasteiger partial charge in [-0.1, -0.05) is 34.1 Å². The minimum atomic E-state index is -3.81. The van der Waals surface area contributed by atoms with E-state index < -0.39 is 10.0 Å². The number of nitrogens with zero attached hydrogens (tertiary/aromatic N) is 2. The zero-order chi connectivity index (χ0) is 21.5. The molecule has 0 aliphatic carbocycles. The first-order valence-electron chi connectivity index (χ1n) is 8.83. The summed E-state index contributed by atoms with van der Waals surface area (Å²) in [6.07, 6.45) is 1.64. The number of nitrogens with two attached hydrogens (primary N) is 1. The summed E-state index contributed by atoms with van der Waals surface area (Å²) in [4.78, 5) is 12.8. The van der Waals surface area contributed by atoms with Crippen LogP contribution in [0, 0.1) is 0 Å². The summed E-state index contributed by atoms with van der Waals surface area (Å²) < 4.78 is 29.6. The molecule has 30 heavy (non-hydrogen) atoms. The fraction of sp³-hybridized carbons (Fsp3) is 0.0476. The van der Waals surface area contributed by atoms with Gasteiger partial charge in [0.2, 0.25) is 10.0 Å². The zero-order valence-corrected chi connectivity index (χ0v) is 18.1. The van der Waals surface area contributed by atoms with Crippen LogP contribution < -0.4 is 10.1 Å². The normalized spacial score (nSPS) is 15.7. The lowest BCUT2D eigenvalue weighted by atomic mass is 10.1. The molecule has 152 valence electrons. The third kappa shape index (κ3) is 3.87. The Kier molecular flexibility index (Phi) is 5.19. The molecule has 4 rings (SSSR count). The molecule has 0 saturated carbocycles. The Labute approximate surface area is 181 Å². The summed E-state index contributed by atoms with van der Waals surface area (Å²) in [5.74, 6) is 0.851. The maximum atomic E-state index is 12.9. The lowest BCUT2D eigenvalue weighted by molar-refractivity contribution is -0.114. The maximum absolute atomic E-state index is 12.9. The van der Waals surface area contributed by atoms with Gasteiger partial charge in [0.15, 0.2) is 0 Å². The molecule has 1 aromatic heterocycles. The Bertz CT molecular complexity index is 1310. The highest BCUT2D eigenvalue weighted by Gasteiger charge is 2.29. The van der Waals surface area contributed by atoms with Crippen molar-refractivity contribution >= 4 is 49.3 Å². The number of hydrogen-bond donors (Lipinski definition) is 1. The van der Waals surface area contributed by atoms with Crippen molar-refractivity contribution in [2.75, 3.05) is 5.01 Å². The molecule has 1 aliphatic heterocycles. The molecular weight excluding hydrogens is 470 g/mol. The molecule has 2 N–H and O–H groups in total. The second kappa shape index (κ2) is 7.67. The number of anilines is 1. The van der Waals surface area contributed by atoms with Gasteiger partial charge in [-0.15, -0.1) is 0 Å². The minimum absolute atomic E-state index is 0.0375. The number of primary sulfonamides is 1. The summed E-state index contributed by atoms with van der Waals surface area (Å²) in [7, 11) is -3.81. The molecule has 0 bridgehead atoms. The quantitative estimate of drug-likeness (QED) is 0.559. The minimum Gasteiger partial charge on any atom is -0.457 e. The summed E-state index contributed by atoms with van der Waals surface area (Å²) in [6, 6.07) is 16.9. The fourth-order valence-electron chi connectivity index (χ4n) is 3.01. The van der Waals surface area contributed by atoms with Gasteiger partial charge < -0.3 is 4.42 Å². The van der Waals surface area contributed by atoms with E-state index in [1.165, 1.54) is 29.3 Å². The van der Waals surface area contributed by atoms with Crippen molar-refractivity contribution in [3.63, 3.8) is 0 Å². The van der Waals surface area contributed by atoms with E-state index in [-0.39, 0.29) is 10.8 Å². The molecule has 1 amide bonds. The first-order valence-corrected chi connectivity index (χ1v) is 11.2. The SMILES string of the molecule is CC1=NN(c2ccc(S(N)(=O)=O)cc2)C(=O)/C1=C\c1ccc(-c2ccccc2Br)o1. The molecular formula is C21H16BrN3O4S. The van der Waals surface area contributed by atoms with Crippen LogP contribution in [0.2, 0.25) is 0 Å². The van der Waals surface area contributed by atoms with Crippen LogP contribution in [0.1, 0.15) is 12.7 Å². The molecule has 2 aromatic carbocycles. The van der Waals surface area contributed by atoms with Gasteiger partial charge >= 0.3 is 0 Å². The van der Waals surface area contributed by atoms with E-state index in [4.69, 9.17) is 9.56 Å². The fourth-order valence-corrected chi connectivity index (χ4v) is 4.01. The second-order valence-corrected chi connectivity index (χ2v) is 9.00. The Morgan fingerprint density at radius 1 is 1.07 bits per heavy atom. The summed E-state index contributed by atoms with van der Waals surface area (Å²) in [6.45, 7) is 1.72. The Balaban J connectivity index is 1.61. The third-order valence-corrected chi connectivity index (χ3v) is 6.15. The van der Waals surface area contributed by atoms with E-state index in [1.807, 2.05) is 30.3 Å². The van der Waals surface area contributed by atoms with Crippen LogP contribution in [0.15, 0.2) is 85.1 Å². The number of rotatable bonds is 4. The Morgan fingerprint density at radius 3 is 2.43 bits per heavy atom. The van der Waals surface area contributed by atoms with Crippen LogP contribution in [0.5, 0.6) is 0 Å². The van der Waals surface area contributed by atoms with Crippen molar-refractivity contribution in [3.8, 4) is 11.3 Å². The molecule has 0 radical (unpaired) electrons. The molecule has 0 fully saturated rings. The average molecular weight is 486 g/mol. The molecule has 1 aliphatic rings. The van der Waals surface area contributed by atoms with Crippen LogP contribution >= 0.6 is 15.9 Å². The lowest BCUT2D eigenvalue weighted by Gasteiger charge is -2.11. The summed E-state index contributed by atoms with van der Waals surface area (Å²) in [5.41, 5.74) is 2.25. The van der Waals surface area contributed by atoms with E-state index >= 15 is 0 Å². The molecule has 9 heteroatoms. The molecule has 3 aromatic rings. The number of halogens is 1. The van der Waals surface area contributed by atoms with Crippen molar-refractivity contribution < 1.29 is 17.6 Å². The highest BCUT2D eigenvalue weighted by atomic mass is 79.9. The number of benzene rings is 2. The molecule has 0 unspecified atom stereocenters. The molecule has 0 atom stereocenters. The topological polar surface area (TPSA) is 106 Å². The number of hydrogen-bond acceptors (Lipinski definition) is 5. The van der Waals surface area contributed by atoms with E-state index in [0.29, 0.717) is 28.5 Å². The van der Waals surface area contributed by atoms with Crippen LogP contribution in [0.3, 0.4) is 0 Å². The van der Waals surface area contributed by atoms with Crippen LogP contribution in [-0.4, -0.2) is 20.0 Å². The summed E-state index contributed by atoms with van der Waals surface area (Å²) >= 11 is 3.50. The highest BCUT2D eigenvalue weighted by Crippen LogP contribution is 2.31. The van der Waals surface area contributed by atoms with Gasteiger partial charge in [-0.05, 0) is 55.5 Å². The Hall–Kier alpha value is -3.01. The summed E-state index contributed by atoms with van der Waals surface area (Å²) in [5, 5.41) is 10.6. The van der Waals surface area contributed by atoms with Gasteiger partial charge in [0.05, 0.1) is 21.9 Å². The van der Waals surface area contributed by atoms with Crippen molar-refractivity contribution in [1.29, 1.82) is 0 Å². The van der Waals surface area contributed by atoms with Crippen LogP contribution in [0.4, 0.5) is 5.69 Å². The predicted octanol–water partition coefficient (Wildman–Crippen LogP) is 4.16. The van der Waals surface area contributed by atoms with E-state index in [2.05, 4.69) is 21.0 Å². The van der Waals surface area contributed by atoms with Crippen molar-refractivity contribution in [2.45, 2.75) is 11.8 Å². The standard InChI is InChI=1S/C21H16BrN3O4S/c1-13-18(12-15-8-11-20(29-15)17-4-2-3-5-19(17)22)21(26)25(24-13)14-6-9-16(10-7-14)30(23,27)28/h2-12H,1H3,(H2,23,27,28)/b18-12-. The molecule has 7 nitrogen and oxygen atoms in total. The highest BCUT2D eigenvalue weighted by molar-refractivity contribution is 9.10. The van der Waals surface area contributed by atoms with Gasteiger partial charge in [0.1, 0.15) is 11.5 Å². The van der Waals surface area contributed by atoms with Crippen molar-refractivity contribution in [2.24, 2.45) is 10.2 Å². The second-order valence-electron chi connectivity index (χ2n) is 6.58. The van der Waals surface area contributed by atoms with E-state index in [1.54, 1.807) is 19.1 Å². The average Bonchev–Trinajstić information content (AvgIpc) is 3.28. The number of hydrazone groups is 1. The third-order valence-electron chi connectivity index (χ3n) is 4.53. The number of sulfonamides is 1. The van der Waals surface area contributed by atoms with Crippen molar-refractivity contribution in [1.82, 2.24) is 0 Å². The van der Waals surface area contributed by atoms with Gasteiger partial charge in [-0.2, -0.15) is 10.1 Å². The maximum Gasteiger partial charge on any atom is 0.280 e. The van der Waals surface area contributed by atoms with E-state index in [9.17, 15) is 13.2 Å². The first-order chi connectivity index (χ1) is 14.2. The lowest BCUT2D eigenvalue weighted by Crippen LogP contribution is -2.21. The predicted molar refractivity (Wildman–Crippen MR) is 118 cm³/mol.